The van der Waals surface area contributed by atoms with E-state index in [1.165, 1.54) is 0 Å². The van der Waals surface area contributed by atoms with Crippen molar-refractivity contribution in [1.82, 2.24) is 9.55 Å². The Bertz CT molecular complexity index is 1150. The van der Waals surface area contributed by atoms with E-state index < -0.39 is 0 Å². The second-order valence-corrected chi connectivity index (χ2v) is 8.39. The lowest BCUT2D eigenvalue weighted by atomic mass is 10.1. The van der Waals surface area contributed by atoms with Crippen LogP contribution < -0.4 is 9.47 Å². The summed E-state index contributed by atoms with van der Waals surface area (Å²) in [5, 5.41) is 0.833. The Balaban J connectivity index is 1.75. The number of rotatable bonds is 9. The second kappa shape index (κ2) is 10.4. The third kappa shape index (κ3) is 5.09. The van der Waals surface area contributed by atoms with Crippen molar-refractivity contribution < 1.29 is 19.0 Å². The van der Waals surface area contributed by atoms with Crippen LogP contribution in [0, 0.1) is 0 Å². The molecule has 0 aliphatic carbocycles. The summed E-state index contributed by atoms with van der Waals surface area (Å²) < 4.78 is 17.8. The van der Waals surface area contributed by atoms with Crippen molar-refractivity contribution in [2.45, 2.75) is 19.9 Å². The number of methoxy groups -OCH3 is 2. The van der Waals surface area contributed by atoms with Crippen molar-refractivity contribution in [2.75, 3.05) is 20.8 Å². The Morgan fingerprint density at radius 3 is 2.18 bits per heavy atom. The average molecular weight is 463 g/mol. The number of esters is 1. The lowest BCUT2D eigenvalue weighted by molar-refractivity contribution is -0.144. The van der Waals surface area contributed by atoms with E-state index >= 15 is 0 Å². The summed E-state index contributed by atoms with van der Waals surface area (Å²) >= 11 is 1.59. The highest BCUT2D eigenvalue weighted by Gasteiger charge is 2.19. The minimum absolute atomic E-state index is 0.150. The fourth-order valence-corrected chi connectivity index (χ4v) is 4.59. The lowest BCUT2D eigenvalue weighted by Gasteiger charge is -2.07. The number of aromatic nitrogens is 2. The first-order valence-corrected chi connectivity index (χ1v) is 11.6. The molecule has 0 atom stereocenters. The molecule has 0 fully saturated rings. The molecule has 0 aliphatic heterocycles. The average Bonchev–Trinajstić information content (AvgIpc) is 3.50. The third-order valence-corrected chi connectivity index (χ3v) is 6.29. The van der Waals surface area contributed by atoms with E-state index in [9.17, 15) is 4.79 Å². The van der Waals surface area contributed by atoms with Gasteiger partial charge in [0.2, 0.25) is 0 Å². The van der Waals surface area contributed by atoms with Crippen LogP contribution in [0.1, 0.15) is 13.3 Å². The zero-order valence-corrected chi connectivity index (χ0v) is 19.7. The van der Waals surface area contributed by atoms with Crippen LogP contribution in [0.15, 0.2) is 66.9 Å². The van der Waals surface area contributed by atoms with Crippen LogP contribution in [0.5, 0.6) is 11.5 Å². The van der Waals surface area contributed by atoms with E-state index in [0.29, 0.717) is 6.61 Å². The molecule has 2 aromatic heterocycles. The molecular formula is C26H26N2O4S. The molecule has 0 bridgehead atoms. The number of ether oxygens (including phenoxy) is 3. The van der Waals surface area contributed by atoms with Crippen molar-refractivity contribution >= 4 is 17.3 Å². The summed E-state index contributed by atoms with van der Waals surface area (Å²) in [4.78, 5) is 18.2. The van der Waals surface area contributed by atoms with Crippen LogP contribution >= 0.6 is 11.3 Å². The summed E-state index contributed by atoms with van der Waals surface area (Å²) in [6.45, 7) is 2.55. The van der Waals surface area contributed by atoms with E-state index in [1.54, 1.807) is 25.6 Å². The van der Waals surface area contributed by atoms with Gasteiger partial charge in [-0.1, -0.05) is 6.92 Å². The van der Waals surface area contributed by atoms with Gasteiger partial charge in [0.1, 0.15) is 23.1 Å². The van der Waals surface area contributed by atoms with Crippen LogP contribution in [0.4, 0.5) is 0 Å². The molecule has 0 unspecified atom stereocenters. The van der Waals surface area contributed by atoms with Crippen molar-refractivity contribution in [3.05, 3.63) is 66.9 Å². The molecule has 0 saturated heterocycles. The van der Waals surface area contributed by atoms with Gasteiger partial charge in [0, 0.05) is 11.8 Å². The normalized spacial score (nSPS) is 10.8. The number of carbonyl (C=O) groups excluding carboxylic acids is 1. The van der Waals surface area contributed by atoms with Crippen LogP contribution in [0.3, 0.4) is 0 Å². The maximum absolute atomic E-state index is 12.2. The number of thiazole rings is 1. The van der Waals surface area contributed by atoms with Crippen molar-refractivity contribution in [3.8, 4) is 43.9 Å². The molecule has 0 amide bonds. The van der Waals surface area contributed by atoms with Crippen LogP contribution in [0.2, 0.25) is 0 Å². The van der Waals surface area contributed by atoms with Gasteiger partial charge < -0.3 is 18.8 Å². The zero-order valence-electron chi connectivity index (χ0n) is 18.9. The Hall–Kier alpha value is -3.58. The van der Waals surface area contributed by atoms with Gasteiger partial charge in [-0.2, -0.15) is 0 Å². The van der Waals surface area contributed by atoms with Gasteiger partial charge in [0.15, 0.2) is 0 Å². The quantitative estimate of drug-likeness (QED) is 0.289. The van der Waals surface area contributed by atoms with Crippen LogP contribution in [-0.2, 0) is 16.1 Å². The molecule has 4 aromatic rings. The minimum Gasteiger partial charge on any atom is -0.497 e. The molecular weight excluding hydrogens is 436 g/mol. The Morgan fingerprint density at radius 1 is 0.939 bits per heavy atom. The first-order valence-electron chi connectivity index (χ1n) is 10.7. The fourth-order valence-electron chi connectivity index (χ4n) is 3.46. The standard InChI is InChI=1S/C26H26N2O4S/c1-4-16-32-23(29)17-28-15-5-6-22(28)26-27-24(18-7-11-20(30-2)12-8-18)25(33-26)19-9-13-21(31-3)14-10-19/h5-15H,4,16-17H2,1-3H3. The van der Waals surface area contributed by atoms with E-state index in [2.05, 4.69) is 0 Å². The Labute approximate surface area is 197 Å². The van der Waals surface area contributed by atoms with Gasteiger partial charge in [-0.05, 0) is 72.6 Å². The molecule has 0 N–H and O–H groups in total. The third-order valence-electron chi connectivity index (χ3n) is 5.16. The summed E-state index contributed by atoms with van der Waals surface area (Å²) in [7, 11) is 3.31. The van der Waals surface area contributed by atoms with Crippen LogP contribution in [0.25, 0.3) is 32.4 Å². The highest BCUT2D eigenvalue weighted by molar-refractivity contribution is 7.18. The van der Waals surface area contributed by atoms with Gasteiger partial charge in [-0.25, -0.2) is 4.98 Å². The van der Waals surface area contributed by atoms with Gasteiger partial charge in [-0.15, -0.1) is 11.3 Å². The van der Waals surface area contributed by atoms with Gasteiger partial charge in [-0.3, -0.25) is 4.79 Å². The largest absolute Gasteiger partial charge is 0.497 e. The van der Waals surface area contributed by atoms with Crippen LogP contribution in [-0.4, -0.2) is 36.3 Å². The summed E-state index contributed by atoms with van der Waals surface area (Å²) in [6, 6.07) is 19.7. The van der Waals surface area contributed by atoms with Crippen molar-refractivity contribution in [3.63, 3.8) is 0 Å². The number of nitrogens with zero attached hydrogens (tertiary/aromatic N) is 2. The highest BCUT2D eigenvalue weighted by Crippen LogP contribution is 2.41. The maximum atomic E-state index is 12.2. The topological polar surface area (TPSA) is 62.6 Å². The Morgan fingerprint density at radius 2 is 1.58 bits per heavy atom. The molecule has 7 heteroatoms. The number of hydrogen-bond donors (Lipinski definition) is 0. The molecule has 2 heterocycles. The number of hydrogen-bond acceptors (Lipinski definition) is 6. The highest BCUT2D eigenvalue weighted by atomic mass is 32.1. The first-order chi connectivity index (χ1) is 16.1. The molecule has 6 nitrogen and oxygen atoms in total. The maximum Gasteiger partial charge on any atom is 0.325 e. The molecule has 4 rings (SSSR count). The monoisotopic (exact) mass is 462 g/mol. The number of carbonyl (C=O) groups is 1. The molecule has 33 heavy (non-hydrogen) atoms. The fraction of sp³-hybridized carbons (Fsp3) is 0.231. The SMILES string of the molecule is CCCOC(=O)Cn1cccc1-c1nc(-c2ccc(OC)cc2)c(-c2ccc(OC)cc2)s1. The van der Waals surface area contributed by atoms with E-state index in [1.807, 2.05) is 78.4 Å². The summed E-state index contributed by atoms with van der Waals surface area (Å²) in [6.07, 6.45) is 2.68. The molecule has 0 saturated carbocycles. The molecule has 0 spiro atoms. The minimum atomic E-state index is -0.253. The summed E-state index contributed by atoms with van der Waals surface area (Å²) in [5.41, 5.74) is 3.79. The van der Waals surface area contributed by atoms with Gasteiger partial charge in [0.25, 0.3) is 0 Å². The smallest absolute Gasteiger partial charge is 0.325 e. The summed E-state index contributed by atoms with van der Waals surface area (Å²) in [5.74, 6) is 1.34. The predicted molar refractivity (Wildman–Crippen MR) is 131 cm³/mol. The zero-order chi connectivity index (χ0) is 23.2. The molecule has 0 radical (unpaired) electrons. The van der Waals surface area contributed by atoms with E-state index in [-0.39, 0.29) is 12.5 Å². The molecule has 2 aromatic carbocycles. The van der Waals surface area contributed by atoms with E-state index in [4.69, 9.17) is 19.2 Å². The van der Waals surface area contributed by atoms with Gasteiger partial charge >= 0.3 is 5.97 Å². The lowest BCUT2D eigenvalue weighted by Crippen LogP contribution is -2.14. The van der Waals surface area contributed by atoms with Crippen molar-refractivity contribution in [2.24, 2.45) is 0 Å². The van der Waals surface area contributed by atoms with Crippen molar-refractivity contribution in [1.29, 1.82) is 0 Å². The molecule has 0 aliphatic rings. The van der Waals surface area contributed by atoms with Gasteiger partial charge in [0.05, 0.1) is 37.1 Å². The van der Waals surface area contributed by atoms with E-state index in [0.717, 1.165) is 50.3 Å². The second-order valence-electron chi connectivity index (χ2n) is 7.40. The number of benzene rings is 2. The first kappa shape index (κ1) is 22.6. The predicted octanol–water partition coefficient (Wildman–Crippen LogP) is 5.92. The Kier molecular flexibility index (Phi) is 7.10. The molecule has 170 valence electrons.